The van der Waals surface area contributed by atoms with Crippen molar-refractivity contribution in [3.05, 3.63) is 12.2 Å². The Morgan fingerprint density at radius 1 is 1.47 bits per heavy atom. The number of carbonyl (C=O) groups is 2. The molecule has 0 spiro atoms. The summed E-state index contributed by atoms with van der Waals surface area (Å²) in [5, 5.41) is 0. The molecule has 1 fully saturated rings. The lowest BCUT2D eigenvalue weighted by Crippen LogP contribution is -2.52. The van der Waals surface area contributed by atoms with Gasteiger partial charge in [-0.05, 0) is 33.6 Å². The van der Waals surface area contributed by atoms with Crippen LogP contribution in [-0.4, -0.2) is 35.1 Å². The fraction of sp³-hybridized carbons (Fsp3) is 0.667. The van der Waals surface area contributed by atoms with E-state index in [1.165, 1.54) is 4.90 Å². The van der Waals surface area contributed by atoms with Gasteiger partial charge in [0.1, 0.15) is 11.6 Å². The first-order valence-corrected chi connectivity index (χ1v) is 5.66. The van der Waals surface area contributed by atoms with E-state index in [4.69, 9.17) is 10.5 Å². The zero-order valence-corrected chi connectivity index (χ0v) is 10.7. The summed E-state index contributed by atoms with van der Waals surface area (Å²) in [5.74, 6) is -0.497. The van der Waals surface area contributed by atoms with E-state index in [1.54, 1.807) is 20.8 Å². The van der Waals surface area contributed by atoms with Gasteiger partial charge in [0.2, 0.25) is 5.91 Å². The fourth-order valence-corrected chi connectivity index (χ4v) is 1.74. The van der Waals surface area contributed by atoms with Crippen LogP contribution in [0, 0.1) is 0 Å². The minimum absolute atomic E-state index is 0.336. The van der Waals surface area contributed by atoms with Crippen LogP contribution >= 0.6 is 0 Å². The van der Waals surface area contributed by atoms with Gasteiger partial charge in [-0.25, -0.2) is 4.79 Å². The minimum Gasteiger partial charge on any atom is -0.444 e. The summed E-state index contributed by atoms with van der Waals surface area (Å²) in [6, 6.07) is -0.588. The molecule has 0 aromatic heterocycles. The van der Waals surface area contributed by atoms with E-state index in [9.17, 15) is 9.59 Å². The normalized spacial score (nSPS) is 21.2. The van der Waals surface area contributed by atoms with Crippen molar-refractivity contribution in [1.29, 1.82) is 0 Å². The first-order valence-electron chi connectivity index (χ1n) is 5.66. The van der Waals surface area contributed by atoms with Crippen molar-refractivity contribution >= 4 is 12.0 Å². The van der Waals surface area contributed by atoms with Crippen LogP contribution in [0.1, 0.15) is 33.6 Å². The van der Waals surface area contributed by atoms with E-state index in [-0.39, 0.29) is 0 Å². The molecule has 1 aliphatic heterocycles. The topological polar surface area (TPSA) is 72.6 Å². The molecule has 0 saturated carbocycles. The number of carbonyl (C=O) groups excluding carboxylic acids is 2. The zero-order valence-electron chi connectivity index (χ0n) is 10.7. The highest BCUT2D eigenvalue weighted by Crippen LogP contribution is 2.22. The Balaban J connectivity index is 2.79. The zero-order chi connectivity index (χ0) is 13.2. The standard InChI is InChI=1S/C12H20N2O3/c1-8-5-6-9(10(13)15)14(7-8)11(16)17-12(2,3)4/h9H,1,5-7H2,2-4H3,(H2,13,15). The van der Waals surface area contributed by atoms with Crippen molar-refractivity contribution in [2.45, 2.75) is 45.3 Å². The average Bonchev–Trinajstić information content (AvgIpc) is 2.14. The summed E-state index contributed by atoms with van der Waals surface area (Å²) < 4.78 is 5.24. The molecular weight excluding hydrogens is 220 g/mol. The van der Waals surface area contributed by atoms with Crippen molar-refractivity contribution in [1.82, 2.24) is 4.90 Å². The molecule has 1 saturated heterocycles. The summed E-state index contributed by atoms with van der Waals surface area (Å²) in [5.41, 5.74) is 5.61. The van der Waals surface area contributed by atoms with Gasteiger partial charge >= 0.3 is 6.09 Å². The molecule has 0 aromatic rings. The van der Waals surface area contributed by atoms with Crippen molar-refractivity contribution in [3.8, 4) is 0 Å². The Morgan fingerprint density at radius 3 is 2.53 bits per heavy atom. The smallest absolute Gasteiger partial charge is 0.411 e. The number of hydrogen-bond acceptors (Lipinski definition) is 3. The van der Waals surface area contributed by atoms with E-state index in [2.05, 4.69) is 6.58 Å². The van der Waals surface area contributed by atoms with Gasteiger partial charge in [-0.2, -0.15) is 0 Å². The number of amides is 2. The molecule has 0 bridgehead atoms. The molecular formula is C12H20N2O3. The Labute approximate surface area is 102 Å². The van der Waals surface area contributed by atoms with E-state index in [0.29, 0.717) is 19.4 Å². The Bertz CT molecular complexity index is 344. The molecule has 96 valence electrons. The molecule has 17 heavy (non-hydrogen) atoms. The lowest BCUT2D eigenvalue weighted by Gasteiger charge is -2.35. The van der Waals surface area contributed by atoms with Crippen LogP contribution < -0.4 is 5.73 Å². The number of rotatable bonds is 1. The van der Waals surface area contributed by atoms with Crippen LogP contribution in [0.5, 0.6) is 0 Å². The summed E-state index contributed by atoms with van der Waals surface area (Å²) in [6.45, 7) is 9.51. The van der Waals surface area contributed by atoms with Crippen LogP contribution in [-0.2, 0) is 9.53 Å². The van der Waals surface area contributed by atoms with Gasteiger partial charge < -0.3 is 10.5 Å². The molecule has 2 N–H and O–H groups in total. The van der Waals surface area contributed by atoms with Crippen LogP contribution in [0.15, 0.2) is 12.2 Å². The third-order valence-electron chi connectivity index (χ3n) is 2.50. The number of likely N-dealkylation sites (tertiary alicyclic amines) is 1. The maximum Gasteiger partial charge on any atom is 0.411 e. The maximum absolute atomic E-state index is 11.9. The average molecular weight is 240 g/mol. The number of primary amides is 1. The summed E-state index contributed by atoms with van der Waals surface area (Å²) >= 11 is 0. The van der Waals surface area contributed by atoms with E-state index in [0.717, 1.165) is 5.57 Å². The molecule has 0 aliphatic carbocycles. The first kappa shape index (κ1) is 13.5. The number of ether oxygens (including phenoxy) is 1. The molecule has 1 rings (SSSR count). The van der Waals surface area contributed by atoms with E-state index in [1.807, 2.05) is 0 Å². The second-order valence-corrected chi connectivity index (χ2v) is 5.32. The summed E-state index contributed by atoms with van der Waals surface area (Å²) in [6.07, 6.45) is 0.725. The van der Waals surface area contributed by atoms with Crippen molar-refractivity contribution in [2.75, 3.05) is 6.54 Å². The number of nitrogens with zero attached hydrogens (tertiary/aromatic N) is 1. The second-order valence-electron chi connectivity index (χ2n) is 5.32. The lowest BCUT2D eigenvalue weighted by atomic mass is 9.99. The molecule has 5 heteroatoms. The van der Waals surface area contributed by atoms with Gasteiger partial charge in [0.25, 0.3) is 0 Å². The van der Waals surface area contributed by atoms with Crippen LogP contribution in [0.3, 0.4) is 0 Å². The van der Waals surface area contributed by atoms with Gasteiger partial charge in [0.05, 0.1) is 0 Å². The summed E-state index contributed by atoms with van der Waals surface area (Å²) in [4.78, 5) is 24.6. The monoisotopic (exact) mass is 240 g/mol. The van der Waals surface area contributed by atoms with Crippen LogP contribution in [0.25, 0.3) is 0 Å². The Kier molecular flexibility index (Phi) is 3.80. The van der Waals surface area contributed by atoms with Gasteiger partial charge in [0, 0.05) is 6.54 Å². The molecule has 5 nitrogen and oxygen atoms in total. The first-order chi connectivity index (χ1) is 7.70. The predicted octanol–water partition coefficient (Wildman–Crippen LogP) is 1.43. The van der Waals surface area contributed by atoms with Crippen molar-refractivity contribution in [2.24, 2.45) is 5.73 Å². The highest BCUT2D eigenvalue weighted by molar-refractivity contribution is 5.84. The van der Waals surface area contributed by atoms with Gasteiger partial charge in [0.15, 0.2) is 0 Å². The highest BCUT2D eigenvalue weighted by Gasteiger charge is 2.34. The van der Waals surface area contributed by atoms with Crippen molar-refractivity contribution < 1.29 is 14.3 Å². The van der Waals surface area contributed by atoms with Gasteiger partial charge in [-0.3, -0.25) is 9.69 Å². The maximum atomic E-state index is 11.9. The third kappa shape index (κ3) is 3.76. The number of hydrogen-bond donors (Lipinski definition) is 1. The quantitative estimate of drug-likeness (QED) is 0.705. The molecule has 2 amide bonds. The van der Waals surface area contributed by atoms with Gasteiger partial charge in [-0.15, -0.1) is 0 Å². The SMILES string of the molecule is C=C1CCC(C(N)=O)N(C(=O)OC(C)(C)C)C1. The third-order valence-corrected chi connectivity index (χ3v) is 2.50. The van der Waals surface area contributed by atoms with Crippen LogP contribution in [0.4, 0.5) is 4.79 Å². The highest BCUT2D eigenvalue weighted by atomic mass is 16.6. The second kappa shape index (κ2) is 4.77. The fourth-order valence-electron chi connectivity index (χ4n) is 1.74. The number of nitrogens with two attached hydrogens (primary N) is 1. The van der Waals surface area contributed by atoms with E-state index < -0.39 is 23.6 Å². The Hall–Kier alpha value is -1.52. The minimum atomic E-state index is -0.588. The lowest BCUT2D eigenvalue weighted by molar-refractivity contribution is -0.123. The Morgan fingerprint density at radius 2 is 2.06 bits per heavy atom. The van der Waals surface area contributed by atoms with Crippen LogP contribution in [0.2, 0.25) is 0 Å². The molecule has 1 aliphatic rings. The van der Waals surface area contributed by atoms with E-state index >= 15 is 0 Å². The molecule has 1 unspecified atom stereocenters. The predicted molar refractivity (Wildman–Crippen MR) is 64.3 cm³/mol. The van der Waals surface area contributed by atoms with Gasteiger partial charge in [-0.1, -0.05) is 12.2 Å². The number of piperidine rings is 1. The largest absolute Gasteiger partial charge is 0.444 e. The molecule has 0 radical (unpaired) electrons. The summed E-state index contributed by atoms with van der Waals surface area (Å²) in [7, 11) is 0. The molecule has 1 atom stereocenters. The van der Waals surface area contributed by atoms with Crippen molar-refractivity contribution in [3.63, 3.8) is 0 Å². The molecule has 0 aromatic carbocycles. The molecule has 1 heterocycles.